The monoisotopic (exact) mass is 366 g/mol. The van der Waals surface area contributed by atoms with E-state index < -0.39 is 0 Å². The summed E-state index contributed by atoms with van der Waals surface area (Å²) in [4.78, 5) is 0. The van der Waals surface area contributed by atoms with Crippen molar-refractivity contribution in [2.24, 2.45) is 5.84 Å². The molecule has 1 atom stereocenters. The molecule has 19 heavy (non-hydrogen) atoms. The lowest BCUT2D eigenvalue weighted by atomic mass is 9.96. The lowest BCUT2D eigenvalue weighted by Crippen LogP contribution is -2.29. The van der Waals surface area contributed by atoms with E-state index in [1.807, 2.05) is 12.1 Å². The fourth-order valence-electron chi connectivity index (χ4n) is 2.52. The Kier molecular flexibility index (Phi) is 3.72. The van der Waals surface area contributed by atoms with Crippen molar-refractivity contribution >= 4 is 22.6 Å². The Morgan fingerprint density at radius 1 is 1.11 bits per heavy atom. The summed E-state index contributed by atoms with van der Waals surface area (Å²) < 4.78 is 6.97. The van der Waals surface area contributed by atoms with Gasteiger partial charge in [0.05, 0.1) is 12.6 Å². The van der Waals surface area contributed by atoms with Gasteiger partial charge in [-0.1, -0.05) is 36.4 Å². The summed E-state index contributed by atoms with van der Waals surface area (Å²) >= 11 is 2.34. The Balaban J connectivity index is 2.09. The molecule has 1 unspecified atom stereocenters. The molecule has 3 N–H and O–H groups in total. The molecule has 0 aromatic heterocycles. The van der Waals surface area contributed by atoms with Gasteiger partial charge in [0.15, 0.2) is 0 Å². The molecule has 0 fully saturated rings. The van der Waals surface area contributed by atoms with E-state index in [1.54, 1.807) is 0 Å². The average molecular weight is 366 g/mol. The Hall–Kier alpha value is -1.11. The van der Waals surface area contributed by atoms with Crippen LogP contribution in [-0.4, -0.2) is 6.61 Å². The molecule has 1 aliphatic heterocycles. The van der Waals surface area contributed by atoms with Gasteiger partial charge in [-0.05, 0) is 39.8 Å². The van der Waals surface area contributed by atoms with E-state index in [2.05, 4.69) is 58.3 Å². The summed E-state index contributed by atoms with van der Waals surface area (Å²) in [5.41, 5.74) is 6.48. The highest BCUT2D eigenvalue weighted by Crippen LogP contribution is 2.36. The predicted molar refractivity (Wildman–Crippen MR) is 84.0 cm³/mol. The summed E-state index contributed by atoms with van der Waals surface area (Å²) in [7, 11) is 0. The number of nitrogens with two attached hydrogens (primary N) is 1. The van der Waals surface area contributed by atoms with Gasteiger partial charge in [-0.15, -0.1) is 0 Å². The molecule has 2 aromatic rings. The van der Waals surface area contributed by atoms with Crippen LogP contribution in [0.5, 0.6) is 5.75 Å². The molecule has 0 spiro atoms. The summed E-state index contributed by atoms with van der Waals surface area (Å²) in [6, 6.07) is 14.5. The van der Waals surface area contributed by atoms with E-state index >= 15 is 0 Å². The minimum atomic E-state index is -0.0406. The largest absolute Gasteiger partial charge is 0.493 e. The van der Waals surface area contributed by atoms with Crippen LogP contribution in [0.2, 0.25) is 0 Å². The number of benzene rings is 2. The number of fused-ring (bicyclic) bond motifs is 1. The Morgan fingerprint density at radius 3 is 2.68 bits per heavy atom. The van der Waals surface area contributed by atoms with Gasteiger partial charge in [-0.3, -0.25) is 5.84 Å². The number of rotatable bonds is 3. The summed E-state index contributed by atoms with van der Waals surface area (Å²) in [6.07, 6.45) is 0.979. The first-order valence-electron chi connectivity index (χ1n) is 6.26. The zero-order chi connectivity index (χ0) is 13.2. The zero-order valence-corrected chi connectivity index (χ0v) is 12.6. The van der Waals surface area contributed by atoms with Gasteiger partial charge in [0.2, 0.25) is 0 Å². The molecule has 2 aromatic carbocycles. The maximum absolute atomic E-state index is 5.79. The van der Waals surface area contributed by atoms with Crippen LogP contribution in [0.1, 0.15) is 22.7 Å². The number of hydrogen-bond donors (Lipinski definition) is 2. The highest BCUT2D eigenvalue weighted by atomic mass is 127. The number of hydrazine groups is 1. The molecule has 3 rings (SSSR count). The number of halogens is 1. The second kappa shape index (κ2) is 5.48. The molecule has 0 saturated heterocycles. The smallest absolute Gasteiger partial charge is 0.127 e. The van der Waals surface area contributed by atoms with Gasteiger partial charge < -0.3 is 4.74 Å². The average Bonchev–Trinajstić information content (AvgIpc) is 2.91. The lowest BCUT2D eigenvalue weighted by Gasteiger charge is -2.20. The Bertz CT molecular complexity index is 600. The molecule has 0 saturated carbocycles. The van der Waals surface area contributed by atoms with Crippen molar-refractivity contribution in [3.8, 4) is 5.75 Å². The van der Waals surface area contributed by atoms with E-state index in [0.29, 0.717) is 0 Å². The van der Waals surface area contributed by atoms with Crippen LogP contribution in [0.4, 0.5) is 0 Å². The van der Waals surface area contributed by atoms with Crippen molar-refractivity contribution in [2.45, 2.75) is 12.5 Å². The zero-order valence-electron chi connectivity index (χ0n) is 10.4. The molecule has 98 valence electrons. The third kappa shape index (κ3) is 2.35. The standard InChI is InChI=1S/C15H15IN2O/c16-13-7-2-1-5-11(13)14(18-17)12-6-3-4-10-8-9-19-15(10)12/h1-7,14,18H,8-9,17H2. The maximum Gasteiger partial charge on any atom is 0.127 e. The number of ether oxygens (including phenoxy) is 1. The van der Waals surface area contributed by atoms with Crippen LogP contribution in [0.3, 0.4) is 0 Å². The predicted octanol–water partition coefficient (Wildman–Crippen LogP) is 2.78. The van der Waals surface area contributed by atoms with Gasteiger partial charge in [-0.25, -0.2) is 5.43 Å². The van der Waals surface area contributed by atoms with Crippen LogP contribution >= 0.6 is 22.6 Å². The molecule has 0 radical (unpaired) electrons. The molecule has 0 bridgehead atoms. The Morgan fingerprint density at radius 2 is 1.89 bits per heavy atom. The third-order valence-corrected chi connectivity index (χ3v) is 4.42. The molecule has 0 aliphatic carbocycles. The molecule has 3 nitrogen and oxygen atoms in total. The number of nitrogens with one attached hydrogen (secondary N) is 1. The van der Waals surface area contributed by atoms with E-state index in [4.69, 9.17) is 10.6 Å². The Labute approximate surface area is 126 Å². The molecule has 0 amide bonds. The molecule has 1 heterocycles. The van der Waals surface area contributed by atoms with Crippen LogP contribution in [0.15, 0.2) is 42.5 Å². The first kappa shape index (κ1) is 12.9. The van der Waals surface area contributed by atoms with E-state index in [1.165, 1.54) is 14.7 Å². The van der Waals surface area contributed by atoms with E-state index in [9.17, 15) is 0 Å². The second-order valence-corrected chi connectivity index (χ2v) is 5.72. The van der Waals surface area contributed by atoms with Gasteiger partial charge in [0.1, 0.15) is 5.75 Å². The highest BCUT2D eigenvalue weighted by Gasteiger charge is 2.23. The molecule has 1 aliphatic rings. The third-order valence-electron chi connectivity index (χ3n) is 3.44. The maximum atomic E-state index is 5.79. The quantitative estimate of drug-likeness (QED) is 0.499. The minimum absolute atomic E-state index is 0.0406. The van der Waals surface area contributed by atoms with Crippen molar-refractivity contribution < 1.29 is 4.74 Å². The number of para-hydroxylation sites is 1. The minimum Gasteiger partial charge on any atom is -0.493 e. The summed E-state index contributed by atoms with van der Waals surface area (Å²) in [5, 5.41) is 0. The van der Waals surface area contributed by atoms with Crippen LogP contribution in [0.25, 0.3) is 0 Å². The van der Waals surface area contributed by atoms with Gasteiger partial charge in [-0.2, -0.15) is 0 Å². The SMILES string of the molecule is NNC(c1ccccc1I)c1cccc2c1OCC2. The first-order valence-corrected chi connectivity index (χ1v) is 7.34. The lowest BCUT2D eigenvalue weighted by molar-refractivity contribution is 0.350. The molecular formula is C15H15IN2O. The molecule has 4 heteroatoms. The van der Waals surface area contributed by atoms with Crippen molar-refractivity contribution in [2.75, 3.05) is 6.61 Å². The second-order valence-electron chi connectivity index (χ2n) is 4.56. The molecular weight excluding hydrogens is 351 g/mol. The van der Waals surface area contributed by atoms with Gasteiger partial charge in [0.25, 0.3) is 0 Å². The van der Waals surface area contributed by atoms with E-state index in [-0.39, 0.29) is 6.04 Å². The van der Waals surface area contributed by atoms with E-state index in [0.717, 1.165) is 24.3 Å². The topological polar surface area (TPSA) is 47.3 Å². The first-order chi connectivity index (χ1) is 9.31. The van der Waals surface area contributed by atoms with Gasteiger partial charge >= 0.3 is 0 Å². The van der Waals surface area contributed by atoms with Crippen molar-refractivity contribution in [3.63, 3.8) is 0 Å². The van der Waals surface area contributed by atoms with Gasteiger partial charge in [0, 0.05) is 15.6 Å². The van der Waals surface area contributed by atoms with Crippen molar-refractivity contribution in [1.82, 2.24) is 5.43 Å². The van der Waals surface area contributed by atoms with Crippen molar-refractivity contribution in [1.29, 1.82) is 0 Å². The fraction of sp³-hybridized carbons (Fsp3) is 0.200. The fourth-order valence-corrected chi connectivity index (χ4v) is 3.22. The highest BCUT2D eigenvalue weighted by molar-refractivity contribution is 14.1. The van der Waals surface area contributed by atoms with Crippen LogP contribution in [0, 0.1) is 3.57 Å². The normalized spacial score (nSPS) is 14.8. The van der Waals surface area contributed by atoms with Crippen LogP contribution in [-0.2, 0) is 6.42 Å². The summed E-state index contributed by atoms with van der Waals surface area (Å²) in [5.74, 6) is 6.78. The van der Waals surface area contributed by atoms with Crippen molar-refractivity contribution in [3.05, 3.63) is 62.7 Å². The van der Waals surface area contributed by atoms with Crippen LogP contribution < -0.4 is 16.0 Å². The summed E-state index contributed by atoms with van der Waals surface area (Å²) in [6.45, 7) is 0.759. The number of hydrogen-bond acceptors (Lipinski definition) is 3.